The molecule has 1 aromatic carbocycles. The molecule has 0 saturated carbocycles. The third kappa shape index (κ3) is 3.55. The minimum absolute atomic E-state index is 0.333. The number of amides is 1. The molecule has 0 unspecified atom stereocenters. The number of hydrogen-bond donors (Lipinski definition) is 1. The molecule has 1 aromatic rings. The lowest BCUT2D eigenvalue weighted by Crippen LogP contribution is -2.18. The van der Waals surface area contributed by atoms with Crippen LogP contribution in [0.2, 0.25) is 0 Å². The van der Waals surface area contributed by atoms with Crippen LogP contribution in [0.25, 0.3) is 0 Å². The molecule has 0 fully saturated rings. The normalized spacial score (nSPS) is 9.31. The van der Waals surface area contributed by atoms with E-state index in [1.807, 2.05) is 0 Å². The van der Waals surface area contributed by atoms with Crippen LogP contribution in [0.1, 0.15) is 0 Å². The van der Waals surface area contributed by atoms with Crippen molar-refractivity contribution in [3.05, 3.63) is 30.1 Å². The van der Waals surface area contributed by atoms with E-state index < -0.39 is 0 Å². The van der Waals surface area contributed by atoms with Gasteiger partial charge >= 0.3 is 0 Å². The summed E-state index contributed by atoms with van der Waals surface area (Å²) in [6.45, 7) is 0.752. The molecular formula is C9H10FNO2. The Balaban J connectivity index is 2.32. The van der Waals surface area contributed by atoms with E-state index in [1.54, 1.807) is 12.1 Å². The maximum absolute atomic E-state index is 12.6. The molecule has 0 aliphatic carbocycles. The number of hydrogen-bond acceptors (Lipinski definition) is 2. The van der Waals surface area contributed by atoms with Crippen LogP contribution in [0, 0.1) is 5.82 Å². The van der Waals surface area contributed by atoms with Gasteiger partial charge in [0.2, 0.25) is 6.41 Å². The molecule has 0 radical (unpaired) electrons. The highest BCUT2D eigenvalue weighted by molar-refractivity contribution is 5.45. The van der Waals surface area contributed by atoms with E-state index >= 15 is 0 Å². The highest BCUT2D eigenvalue weighted by Gasteiger charge is 1.94. The summed E-state index contributed by atoms with van der Waals surface area (Å²) in [6, 6.07) is 5.86. The van der Waals surface area contributed by atoms with E-state index in [-0.39, 0.29) is 5.82 Å². The Bertz CT molecular complexity index is 278. The first-order valence-corrected chi connectivity index (χ1v) is 3.88. The van der Waals surface area contributed by atoms with E-state index in [9.17, 15) is 9.18 Å². The van der Waals surface area contributed by atoms with Crippen molar-refractivity contribution in [2.45, 2.75) is 0 Å². The fourth-order valence-electron chi connectivity index (χ4n) is 0.844. The van der Waals surface area contributed by atoms with Gasteiger partial charge in [-0.25, -0.2) is 4.39 Å². The molecule has 0 aromatic heterocycles. The predicted octanol–water partition coefficient (Wildman–Crippen LogP) is 0.950. The van der Waals surface area contributed by atoms with E-state index in [0.717, 1.165) is 0 Å². The molecule has 1 rings (SSSR count). The number of carbonyl (C=O) groups is 1. The Labute approximate surface area is 75.5 Å². The van der Waals surface area contributed by atoms with Gasteiger partial charge < -0.3 is 10.1 Å². The number of rotatable bonds is 5. The minimum atomic E-state index is -0.333. The highest BCUT2D eigenvalue weighted by atomic mass is 19.1. The van der Waals surface area contributed by atoms with Gasteiger partial charge in [0, 0.05) is 6.07 Å². The van der Waals surface area contributed by atoms with Crippen LogP contribution in [-0.2, 0) is 4.79 Å². The Morgan fingerprint density at radius 1 is 1.54 bits per heavy atom. The molecule has 3 nitrogen and oxygen atoms in total. The SMILES string of the molecule is O=CNCCOc1cccc(F)c1. The minimum Gasteiger partial charge on any atom is -0.492 e. The molecular weight excluding hydrogens is 173 g/mol. The van der Waals surface area contributed by atoms with Crippen LogP contribution in [0.5, 0.6) is 5.75 Å². The van der Waals surface area contributed by atoms with Crippen molar-refractivity contribution in [2.75, 3.05) is 13.2 Å². The van der Waals surface area contributed by atoms with Crippen molar-refractivity contribution in [1.82, 2.24) is 5.32 Å². The zero-order chi connectivity index (χ0) is 9.52. The molecule has 0 spiro atoms. The van der Waals surface area contributed by atoms with Crippen molar-refractivity contribution >= 4 is 6.41 Å². The molecule has 4 heteroatoms. The Hall–Kier alpha value is -1.58. The first-order chi connectivity index (χ1) is 6.33. The molecule has 0 atom stereocenters. The summed E-state index contributed by atoms with van der Waals surface area (Å²) < 4.78 is 17.7. The maximum Gasteiger partial charge on any atom is 0.207 e. The van der Waals surface area contributed by atoms with Gasteiger partial charge in [0.25, 0.3) is 0 Å². The van der Waals surface area contributed by atoms with E-state index in [2.05, 4.69) is 5.32 Å². The number of halogens is 1. The van der Waals surface area contributed by atoms with Crippen LogP contribution in [0.15, 0.2) is 24.3 Å². The lowest BCUT2D eigenvalue weighted by atomic mass is 10.3. The first-order valence-electron chi connectivity index (χ1n) is 3.88. The van der Waals surface area contributed by atoms with E-state index in [1.165, 1.54) is 12.1 Å². The van der Waals surface area contributed by atoms with Gasteiger partial charge in [-0.2, -0.15) is 0 Å². The maximum atomic E-state index is 12.6. The Morgan fingerprint density at radius 2 is 2.38 bits per heavy atom. The summed E-state index contributed by atoms with van der Waals surface area (Å²) in [5.74, 6) is 0.133. The summed E-state index contributed by atoms with van der Waals surface area (Å²) >= 11 is 0. The number of carbonyl (C=O) groups excluding carboxylic acids is 1. The zero-order valence-corrected chi connectivity index (χ0v) is 7.00. The molecule has 0 aliphatic rings. The summed E-state index contributed by atoms with van der Waals surface area (Å²) in [5, 5.41) is 2.43. The molecule has 0 aliphatic heterocycles. The van der Waals surface area contributed by atoms with Gasteiger partial charge in [-0.1, -0.05) is 6.07 Å². The second-order valence-corrected chi connectivity index (χ2v) is 2.38. The first kappa shape index (κ1) is 9.51. The van der Waals surface area contributed by atoms with Crippen LogP contribution in [0.4, 0.5) is 4.39 Å². The Kier molecular flexibility index (Phi) is 3.75. The van der Waals surface area contributed by atoms with Crippen molar-refractivity contribution < 1.29 is 13.9 Å². The molecule has 0 heterocycles. The zero-order valence-electron chi connectivity index (χ0n) is 7.00. The standard InChI is InChI=1S/C9H10FNO2/c10-8-2-1-3-9(6-8)13-5-4-11-7-12/h1-3,6-7H,4-5H2,(H,11,12). The predicted molar refractivity (Wildman–Crippen MR) is 46.0 cm³/mol. The average Bonchev–Trinajstić information content (AvgIpc) is 2.13. The number of nitrogens with one attached hydrogen (secondary N) is 1. The quantitative estimate of drug-likeness (QED) is 0.545. The molecule has 0 bridgehead atoms. The van der Waals surface area contributed by atoms with Crippen molar-refractivity contribution in [2.24, 2.45) is 0 Å². The monoisotopic (exact) mass is 183 g/mol. The third-order valence-electron chi connectivity index (χ3n) is 1.39. The number of ether oxygens (including phenoxy) is 1. The molecule has 70 valence electrons. The van der Waals surface area contributed by atoms with Crippen molar-refractivity contribution in [3.8, 4) is 5.75 Å². The van der Waals surface area contributed by atoms with Gasteiger partial charge in [0.15, 0.2) is 0 Å². The van der Waals surface area contributed by atoms with Gasteiger partial charge in [-0.15, -0.1) is 0 Å². The molecule has 0 saturated heterocycles. The lowest BCUT2D eigenvalue weighted by Gasteiger charge is -2.04. The van der Waals surface area contributed by atoms with Crippen molar-refractivity contribution in [3.63, 3.8) is 0 Å². The highest BCUT2D eigenvalue weighted by Crippen LogP contribution is 2.11. The average molecular weight is 183 g/mol. The van der Waals surface area contributed by atoms with Gasteiger partial charge in [-0.3, -0.25) is 4.79 Å². The lowest BCUT2D eigenvalue weighted by molar-refractivity contribution is -0.109. The Morgan fingerprint density at radius 3 is 3.08 bits per heavy atom. The van der Waals surface area contributed by atoms with Crippen molar-refractivity contribution in [1.29, 1.82) is 0 Å². The van der Waals surface area contributed by atoms with Crippen LogP contribution < -0.4 is 10.1 Å². The summed E-state index contributed by atoms with van der Waals surface area (Å²) in [4.78, 5) is 9.84. The summed E-state index contributed by atoms with van der Waals surface area (Å²) in [6.07, 6.45) is 0.592. The van der Waals surface area contributed by atoms with Gasteiger partial charge in [-0.05, 0) is 12.1 Å². The van der Waals surface area contributed by atoms with Gasteiger partial charge in [0.1, 0.15) is 18.2 Å². The topological polar surface area (TPSA) is 38.3 Å². The number of benzene rings is 1. The molecule has 13 heavy (non-hydrogen) atoms. The summed E-state index contributed by atoms with van der Waals surface area (Å²) in [7, 11) is 0. The summed E-state index contributed by atoms with van der Waals surface area (Å²) in [5.41, 5.74) is 0. The van der Waals surface area contributed by atoms with E-state index in [4.69, 9.17) is 4.74 Å². The fraction of sp³-hybridized carbons (Fsp3) is 0.222. The van der Waals surface area contributed by atoms with Crippen LogP contribution in [-0.4, -0.2) is 19.6 Å². The second kappa shape index (κ2) is 5.13. The smallest absolute Gasteiger partial charge is 0.207 e. The third-order valence-corrected chi connectivity index (χ3v) is 1.39. The largest absolute Gasteiger partial charge is 0.492 e. The van der Waals surface area contributed by atoms with Gasteiger partial charge in [0.05, 0.1) is 6.54 Å². The van der Waals surface area contributed by atoms with E-state index in [0.29, 0.717) is 25.3 Å². The molecule has 1 N–H and O–H groups in total. The fourth-order valence-corrected chi connectivity index (χ4v) is 0.844. The van der Waals surface area contributed by atoms with Crippen LogP contribution >= 0.6 is 0 Å². The molecule has 1 amide bonds. The second-order valence-electron chi connectivity index (χ2n) is 2.38. The van der Waals surface area contributed by atoms with Crippen LogP contribution in [0.3, 0.4) is 0 Å².